The van der Waals surface area contributed by atoms with Crippen LogP contribution in [0, 0.1) is 0 Å². The van der Waals surface area contributed by atoms with Gasteiger partial charge >= 0.3 is 0 Å². The molecule has 2 aromatic carbocycles. The summed E-state index contributed by atoms with van der Waals surface area (Å²) in [4.78, 5) is 0. The van der Waals surface area contributed by atoms with Crippen LogP contribution < -0.4 is 4.74 Å². The lowest BCUT2D eigenvalue weighted by Crippen LogP contribution is -1.82. The van der Waals surface area contributed by atoms with Crippen molar-refractivity contribution in [2.45, 2.75) is 11.0 Å². The Morgan fingerprint density at radius 1 is 0.926 bits per heavy atom. The number of aromatic nitrogens is 4. The maximum atomic E-state index is 6.15. The first kappa shape index (κ1) is 17.6. The maximum Gasteiger partial charge on any atom is 0.277 e. The van der Waals surface area contributed by atoms with Crippen molar-refractivity contribution in [3.05, 3.63) is 59.4 Å². The third-order valence-electron chi connectivity index (χ3n) is 3.63. The molecule has 0 aliphatic rings. The quantitative estimate of drug-likeness (QED) is 0.429. The van der Waals surface area contributed by atoms with Crippen LogP contribution in [0.2, 0.25) is 5.02 Å². The van der Waals surface area contributed by atoms with Crippen LogP contribution in [0.25, 0.3) is 22.9 Å². The number of hydrogen-bond acceptors (Lipinski definition) is 8. The number of halogens is 1. The number of ether oxygens (including phenoxy) is 1. The van der Waals surface area contributed by atoms with E-state index in [0.717, 1.165) is 11.3 Å². The Hall–Kier alpha value is -2.84. The molecule has 0 atom stereocenters. The molecule has 27 heavy (non-hydrogen) atoms. The molecule has 9 heteroatoms. The summed E-state index contributed by atoms with van der Waals surface area (Å²) in [5.41, 5.74) is 1.51. The van der Waals surface area contributed by atoms with Gasteiger partial charge < -0.3 is 13.6 Å². The molecule has 0 saturated heterocycles. The summed E-state index contributed by atoms with van der Waals surface area (Å²) in [7, 11) is 1.62. The Kier molecular flexibility index (Phi) is 5.08. The Morgan fingerprint density at radius 2 is 1.70 bits per heavy atom. The minimum Gasteiger partial charge on any atom is -0.497 e. The van der Waals surface area contributed by atoms with Crippen molar-refractivity contribution in [3.8, 4) is 28.7 Å². The lowest BCUT2D eigenvalue weighted by molar-refractivity contribution is 0.414. The van der Waals surface area contributed by atoms with Gasteiger partial charge in [-0.2, -0.15) is 0 Å². The van der Waals surface area contributed by atoms with Crippen LogP contribution in [0.3, 0.4) is 0 Å². The third kappa shape index (κ3) is 3.96. The van der Waals surface area contributed by atoms with Gasteiger partial charge in [0.25, 0.3) is 5.22 Å². The first-order chi connectivity index (χ1) is 13.2. The molecule has 0 fully saturated rings. The summed E-state index contributed by atoms with van der Waals surface area (Å²) in [6, 6.07) is 14.7. The number of nitrogens with zero attached hydrogens (tertiary/aromatic N) is 4. The zero-order valence-electron chi connectivity index (χ0n) is 14.1. The van der Waals surface area contributed by atoms with Crippen LogP contribution >= 0.6 is 23.4 Å². The molecule has 0 N–H and O–H groups in total. The van der Waals surface area contributed by atoms with E-state index in [0.29, 0.717) is 39.2 Å². The lowest BCUT2D eigenvalue weighted by atomic mass is 10.2. The molecule has 0 aliphatic carbocycles. The molecule has 7 nitrogen and oxygen atoms in total. The van der Waals surface area contributed by atoms with E-state index in [4.69, 9.17) is 25.2 Å². The van der Waals surface area contributed by atoms with E-state index in [1.165, 1.54) is 11.8 Å². The van der Waals surface area contributed by atoms with Gasteiger partial charge in [-0.15, -0.1) is 20.4 Å². The van der Waals surface area contributed by atoms with Crippen molar-refractivity contribution in [2.75, 3.05) is 7.11 Å². The van der Waals surface area contributed by atoms with E-state index in [9.17, 15) is 0 Å². The SMILES string of the molecule is COc1ccc(-c2nnc(SCc3nnc(-c4ccccc4Cl)o3)o2)cc1. The summed E-state index contributed by atoms with van der Waals surface area (Å²) in [6.07, 6.45) is 0. The highest BCUT2D eigenvalue weighted by molar-refractivity contribution is 7.98. The van der Waals surface area contributed by atoms with Crippen LogP contribution in [0.4, 0.5) is 0 Å². The second kappa shape index (κ2) is 7.81. The average molecular weight is 401 g/mol. The van der Waals surface area contributed by atoms with Crippen molar-refractivity contribution in [3.63, 3.8) is 0 Å². The summed E-state index contributed by atoms with van der Waals surface area (Å²) < 4.78 is 16.5. The molecule has 0 amide bonds. The average Bonchev–Trinajstić information content (AvgIpc) is 3.36. The first-order valence-electron chi connectivity index (χ1n) is 7.91. The van der Waals surface area contributed by atoms with Gasteiger partial charge in [0.05, 0.1) is 23.4 Å². The molecule has 0 radical (unpaired) electrons. The molecule has 2 aromatic heterocycles. The molecule has 0 aliphatic heterocycles. The summed E-state index contributed by atoms with van der Waals surface area (Å²) >= 11 is 7.46. The number of hydrogen-bond donors (Lipinski definition) is 0. The van der Waals surface area contributed by atoms with E-state index in [1.54, 1.807) is 13.2 Å². The Morgan fingerprint density at radius 3 is 2.48 bits per heavy atom. The number of benzene rings is 2. The normalized spacial score (nSPS) is 10.9. The number of methoxy groups -OCH3 is 1. The van der Waals surface area contributed by atoms with Crippen LogP contribution in [-0.4, -0.2) is 27.5 Å². The van der Waals surface area contributed by atoms with E-state index in [-0.39, 0.29) is 0 Å². The Bertz CT molecular complexity index is 1050. The molecule has 0 saturated carbocycles. The third-order valence-corrected chi connectivity index (χ3v) is 4.77. The van der Waals surface area contributed by atoms with Crippen LogP contribution in [-0.2, 0) is 5.75 Å². The molecular weight excluding hydrogens is 388 g/mol. The molecule has 0 unspecified atom stereocenters. The lowest BCUT2D eigenvalue weighted by Gasteiger charge is -1.99. The molecule has 4 aromatic rings. The molecule has 4 rings (SSSR count). The fourth-order valence-electron chi connectivity index (χ4n) is 2.30. The van der Waals surface area contributed by atoms with Crippen molar-refractivity contribution < 1.29 is 13.6 Å². The fraction of sp³-hybridized carbons (Fsp3) is 0.111. The number of rotatable bonds is 6. The molecule has 2 heterocycles. The van der Waals surface area contributed by atoms with Crippen LogP contribution in [0.1, 0.15) is 5.89 Å². The zero-order chi connectivity index (χ0) is 18.6. The molecular formula is C18H13ClN4O3S. The largest absolute Gasteiger partial charge is 0.497 e. The predicted molar refractivity (Wildman–Crippen MR) is 101 cm³/mol. The van der Waals surface area contributed by atoms with Gasteiger partial charge in [-0.05, 0) is 36.4 Å². The van der Waals surface area contributed by atoms with Gasteiger partial charge in [0, 0.05) is 5.56 Å². The molecule has 0 spiro atoms. The highest BCUT2D eigenvalue weighted by Crippen LogP contribution is 2.29. The van der Waals surface area contributed by atoms with E-state index < -0.39 is 0 Å². The standard InChI is InChI=1S/C18H13ClN4O3S/c1-24-12-8-6-11(7-9-12)16-21-23-18(26-16)27-10-15-20-22-17(25-15)13-4-2-3-5-14(13)19/h2-9H,10H2,1H3. The van der Waals surface area contributed by atoms with E-state index in [2.05, 4.69) is 20.4 Å². The smallest absolute Gasteiger partial charge is 0.277 e. The maximum absolute atomic E-state index is 6.15. The zero-order valence-corrected chi connectivity index (χ0v) is 15.7. The highest BCUT2D eigenvalue weighted by Gasteiger charge is 2.14. The minimum atomic E-state index is 0.376. The fourth-order valence-corrected chi connectivity index (χ4v) is 3.11. The molecule has 136 valence electrons. The van der Waals surface area contributed by atoms with Gasteiger partial charge in [-0.1, -0.05) is 35.5 Å². The second-order valence-electron chi connectivity index (χ2n) is 5.37. The Balaban J connectivity index is 1.42. The van der Waals surface area contributed by atoms with Crippen molar-refractivity contribution in [1.29, 1.82) is 0 Å². The minimum absolute atomic E-state index is 0.376. The van der Waals surface area contributed by atoms with E-state index in [1.807, 2.05) is 42.5 Å². The first-order valence-corrected chi connectivity index (χ1v) is 9.27. The Labute approximate surface area is 163 Å². The number of thioether (sulfide) groups is 1. The van der Waals surface area contributed by atoms with Gasteiger partial charge in [0.1, 0.15) is 5.75 Å². The van der Waals surface area contributed by atoms with Gasteiger partial charge in [0.15, 0.2) is 0 Å². The summed E-state index contributed by atoms with van der Waals surface area (Å²) in [6.45, 7) is 0. The van der Waals surface area contributed by atoms with Crippen LogP contribution in [0.15, 0.2) is 62.6 Å². The topological polar surface area (TPSA) is 87.1 Å². The van der Waals surface area contributed by atoms with Gasteiger partial charge in [-0.25, -0.2) is 0 Å². The highest BCUT2D eigenvalue weighted by atomic mass is 35.5. The van der Waals surface area contributed by atoms with E-state index >= 15 is 0 Å². The molecule has 0 bridgehead atoms. The summed E-state index contributed by atoms with van der Waals surface area (Å²) in [5, 5.41) is 17.1. The predicted octanol–water partition coefficient (Wildman–Crippen LogP) is 4.74. The second-order valence-corrected chi connectivity index (χ2v) is 6.70. The van der Waals surface area contributed by atoms with Gasteiger partial charge in [0.2, 0.25) is 17.7 Å². The summed E-state index contributed by atoms with van der Waals surface area (Å²) in [5.74, 6) is 2.42. The van der Waals surface area contributed by atoms with Gasteiger partial charge in [-0.3, -0.25) is 0 Å². The van der Waals surface area contributed by atoms with Crippen molar-refractivity contribution >= 4 is 23.4 Å². The monoisotopic (exact) mass is 400 g/mol. The van der Waals surface area contributed by atoms with Crippen LogP contribution in [0.5, 0.6) is 5.75 Å². The van der Waals surface area contributed by atoms with Crippen molar-refractivity contribution in [1.82, 2.24) is 20.4 Å². The van der Waals surface area contributed by atoms with Crippen molar-refractivity contribution in [2.24, 2.45) is 0 Å².